The Bertz CT molecular complexity index is 971. The maximum Gasteiger partial charge on any atom is 0.00711 e. The van der Waals surface area contributed by atoms with Crippen LogP contribution < -0.4 is 0 Å². The van der Waals surface area contributed by atoms with Crippen molar-refractivity contribution in [2.24, 2.45) is 0 Å². The maximum atomic E-state index is 2.42. The molecule has 0 fully saturated rings. The van der Waals surface area contributed by atoms with Crippen LogP contribution >= 0.6 is 7.53 Å². The number of aryl methyl sites for hydroxylation is 4. The third-order valence-electron chi connectivity index (χ3n) is 5.01. The van der Waals surface area contributed by atoms with Crippen molar-refractivity contribution in [3.8, 4) is 5.30 Å². The van der Waals surface area contributed by atoms with E-state index >= 15 is 0 Å². The average molecular weight is 316 g/mol. The van der Waals surface area contributed by atoms with Crippen LogP contribution in [-0.4, -0.2) is 0 Å². The molecule has 1 heteroatoms. The van der Waals surface area contributed by atoms with Gasteiger partial charge in [-0.15, -0.1) is 0 Å². The standard InChI is InChI=1S/C22H21P/c1-14-10-19-20-11-15(2)17(4)13-22(20)23(21(19)12-16(14)3)18-8-6-5-7-9-18/h5-13H,1-4H3. The molecule has 114 valence electrons. The number of rotatable bonds is 1. The topological polar surface area (TPSA) is 0 Å². The fourth-order valence-electron chi connectivity index (χ4n) is 3.39. The second-order valence-corrected chi connectivity index (χ2v) is 8.73. The molecule has 0 aliphatic carbocycles. The summed E-state index contributed by atoms with van der Waals surface area (Å²) in [4.78, 5) is 0. The summed E-state index contributed by atoms with van der Waals surface area (Å²) in [6, 6.07) is 20.6. The van der Waals surface area contributed by atoms with Gasteiger partial charge in [-0.25, -0.2) is 0 Å². The summed E-state index contributed by atoms with van der Waals surface area (Å²) in [5, 5.41) is 7.39. The molecule has 0 nitrogen and oxygen atoms in total. The molecule has 1 heterocycles. The molecule has 0 aliphatic rings. The summed E-state index contributed by atoms with van der Waals surface area (Å²) in [6.07, 6.45) is 0. The van der Waals surface area contributed by atoms with Crippen molar-refractivity contribution in [3.05, 3.63) is 76.9 Å². The van der Waals surface area contributed by atoms with E-state index in [1.54, 1.807) is 0 Å². The fourth-order valence-corrected chi connectivity index (χ4v) is 6.17. The molecule has 23 heavy (non-hydrogen) atoms. The molecule has 4 rings (SSSR count). The van der Waals surface area contributed by atoms with Crippen LogP contribution in [0.4, 0.5) is 0 Å². The Hall–Kier alpha value is -2.04. The van der Waals surface area contributed by atoms with Gasteiger partial charge in [-0.2, -0.15) is 0 Å². The van der Waals surface area contributed by atoms with Gasteiger partial charge >= 0.3 is 0 Å². The molecule has 0 saturated heterocycles. The van der Waals surface area contributed by atoms with E-state index in [1.807, 2.05) is 0 Å². The van der Waals surface area contributed by atoms with E-state index in [2.05, 4.69) is 82.3 Å². The molecule has 0 aliphatic heterocycles. The highest BCUT2D eigenvalue weighted by Crippen LogP contribution is 2.55. The minimum atomic E-state index is -0.429. The van der Waals surface area contributed by atoms with Crippen LogP contribution in [0.1, 0.15) is 22.3 Å². The maximum absolute atomic E-state index is 2.42. The Morgan fingerprint density at radius 1 is 0.565 bits per heavy atom. The molecule has 0 N–H and O–H groups in total. The third-order valence-corrected chi connectivity index (χ3v) is 7.53. The Kier molecular flexibility index (Phi) is 3.32. The van der Waals surface area contributed by atoms with Gasteiger partial charge in [-0.1, -0.05) is 50.0 Å². The van der Waals surface area contributed by atoms with Gasteiger partial charge in [-0.05, 0) is 78.2 Å². The van der Waals surface area contributed by atoms with Gasteiger partial charge < -0.3 is 0 Å². The molecular weight excluding hydrogens is 295 g/mol. The quantitative estimate of drug-likeness (QED) is 0.348. The molecule has 0 atom stereocenters. The highest BCUT2D eigenvalue weighted by molar-refractivity contribution is 7.67. The lowest BCUT2D eigenvalue weighted by atomic mass is 10.0. The lowest BCUT2D eigenvalue weighted by Crippen LogP contribution is -1.80. The van der Waals surface area contributed by atoms with Crippen molar-refractivity contribution >= 4 is 28.5 Å². The second kappa shape index (κ2) is 5.25. The minimum absolute atomic E-state index is 0.429. The molecule has 4 aromatic rings. The summed E-state index contributed by atoms with van der Waals surface area (Å²) in [7, 11) is -0.429. The zero-order valence-electron chi connectivity index (χ0n) is 14.1. The van der Waals surface area contributed by atoms with Gasteiger partial charge in [0, 0.05) is 10.2 Å². The van der Waals surface area contributed by atoms with Crippen molar-refractivity contribution < 1.29 is 0 Å². The average Bonchev–Trinajstić information content (AvgIpc) is 2.82. The van der Waals surface area contributed by atoms with Gasteiger partial charge in [0.25, 0.3) is 0 Å². The van der Waals surface area contributed by atoms with E-state index in [-0.39, 0.29) is 0 Å². The number of benzene rings is 3. The normalized spacial score (nSPS) is 11.5. The zero-order chi connectivity index (χ0) is 16.1. The van der Waals surface area contributed by atoms with Gasteiger partial charge in [0.05, 0.1) is 0 Å². The lowest BCUT2D eigenvalue weighted by Gasteiger charge is -2.06. The van der Waals surface area contributed by atoms with Gasteiger partial charge in [-0.3, -0.25) is 0 Å². The van der Waals surface area contributed by atoms with Crippen molar-refractivity contribution in [2.45, 2.75) is 27.7 Å². The summed E-state index contributed by atoms with van der Waals surface area (Å²) in [6.45, 7) is 8.90. The molecule has 0 saturated carbocycles. The van der Waals surface area contributed by atoms with E-state index in [4.69, 9.17) is 0 Å². The van der Waals surface area contributed by atoms with Gasteiger partial charge in [0.15, 0.2) is 0 Å². The van der Waals surface area contributed by atoms with E-state index in [1.165, 1.54) is 48.6 Å². The Morgan fingerprint density at radius 3 is 1.48 bits per heavy atom. The molecule has 0 amide bonds. The Morgan fingerprint density at radius 2 is 1.00 bits per heavy atom. The van der Waals surface area contributed by atoms with E-state index in [0.717, 1.165) is 0 Å². The van der Waals surface area contributed by atoms with E-state index in [0.29, 0.717) is 0 Å². The summed E-state index contributed by atoms with van der Waals surface area (Å²) < 4.78 is 0. The number of fused-ring (bicyclic) bond motifs is 3. The second-order valence-electron chi connectivity index (χ2n) is 6.58. The van der Waals surface area contributed by atoms with Crippen molar-refractivity contribution in [3.63, 3.8) is 0 Å². The van der Waals surface area contributed by atoms with Gasteiger partial charge in [0.2, 0.25) is 0 Å². The lowest BCUT2D eigenvalue weighted by molar-refractivity contribution is 1.37. The molecule has 0 unspecified atom stereocenters. The first-order chi connectivity index (χ1) is 11.1. The van der Waals surface area contributed by atoms with E-state index in [9.17, 15) is 0 Å². The summed E-state index contributed by atoms with van der Waals surface area (Å²) >= 11 is 0. The van der Waals surface area contributed by atoms with Crippen molar-refractivity contribution in [2.75, 3.05) is 0 Å². The summed E-state index contributed by atoms with van der Waals surface area (Å²) in [5.41, 5.74) is 5.57. The van der Waals surface area contributed by atoms with Crippen LogP contribution in [-0.2, 0) is 0 Å². The third kappa shape index (κ3) is 2.21. The van der Waals surface area contributed by atoms with Crippen molar-refractivity contribution in [1.29, 1.82) is 0 Å². The minimum Gasteiger partial charge on any atom is -0.0772 e. The first kappa shape index (κ1) is 14.5. The Labute approximate surface area is 138 Å². The predicted octanol–water partition coefficient (Wildman–Crippen LogP) is 7.20. The first-order valence-corrected chi connectivity index (χ1v) is 9.48. The van der Waals surface area contributed by atoms with Crippen LogP contribution in [0.25, 0.3) is 26.3 Å². The number of hydrogen-bond donors (Lipinski definition) is 0. The van der Waals surface area contributed by atoms with Gasteiger partial charge in [0.1, 0.15) is 0 Å². The molecule has 0 spiro atoms. The molecule has 0 bridgehead atoms. The molecule has 3 aromatic carbocycles. The zero-order valence-corrected chi connectivity index (χ0v) is 15.0. The highest BCUT2D eigenvalue weighted by atomic mass is 31.1. The molecular formula is C22H21P. The number of hydrogen-bond acceptors (Lipinski definition) is 0. The highest BCUT2D eigenvalue weighted by Gasteiger charge is 2.15. The molecule has 0 radical (unpaired) electrons. The van der Waals surface area contributed by atoms with E-state index < -0.39 is 7.53 Å². The van der Waals surface area contributed by atoms with Crippen LogP contribution in [0, 0.1) is 27.7 Å². The first-order valence-electron chi connectivity index (χ1n) is 8.14. The van der Waals surface area contributed by atoms with Crippen LogP contribution in [0.5, 0.6) is 0 Å². The monoisotopic (exact) mass is 316 g/mol. The Balaban J connectivity index is 2.25. The van der Waals surface area contributed by atoms with Crippen LogP contribution in [0.2, 0.25) is 0 Å². The smallest absolute Gasteiger partial charge is 0.00711 e. The van der Waals surface area contributed by atoms with Crippen LogP contribution in [0.3, 0.4) is 0 Å². The fraction of sp³-hybridized carbons (Fsp3) is 0.182. The summed E-state index contributed by atoms with van der Waals surface area (Å²) in [5.74, 6) is 0. The predicted molar refractivity (Wildman–Crippen MR) is 104 cm³/mol. The largest absolute Gasteiger partial charge is 0.0772 e. The molecule has 1 aromatic heterocycles. The van der Waals surface area contributed by atoms with Crippen LogP contribution in [0.15, 0.2) is 54.6 Å². The van der Waals surface area contributed by atoms with Crippen molar-refractivity contribution in [1.82, 2.24) is 0 Å². The SMILES string of the molecule is Cc1cc2c3cc(C)c(C)cc3p(-c3ccccc3)c2cc1C.